The van der Waals surface area contributed by atoms with E-state index < -0.39 is 0 Å². The van der Waals surface area contributed by atoms with Gasteiger partial charge in [0.2, 0.25) is 5.88 Å². The second-order valence-corrected chi connectivity index (χ2v) is 6.27. The molecule has 0 aliphatic carbocycles. The van der Waals surface area contributed by atoms with Crippen LogP contribution >= 0.6 is 0 Å². The molecule has 1 heterocycles. The molecule has 0 radical (unpaired) electrons. The first-order valence-corrected chi connectivity index (χ1v) is 7.98. The number of guanidine groups is 1. The average molecular weight is 309 g/mol. The predicted octanol–water partition coefficient (Wildman–Crippen LogP) is 2.36. The summed E-state index contributed by atoms with van der Waals surface area (Å²) in [6, 6.07) is 0.333. The highest BCUT2D eigenvalue weighted by Crippen LogP contribution is 2.21. The van der Waals surface area contributed by atoms with Crippen molar-refractivity contribution >= 4 is 5.96 Å². The molecule has 3 N–H and O–H groups in total. The molecule has 0 bridgehead atoms. The Morgan fingerprint density at radius 3 is 2.64 bits per heavy atom. The standard InChI is InChI=1S/C16H31N5O/c1-11(2)8-7-9-12(3)19-16(17)18-10-14-13(4)20-21(5)15(14)22-6/h11-12H,7-10H2,1-6H3,(H3,17,18,19). The van der Waals surface area contributed by atoms with Crippen LogP contribution in [0.1, 0.15) is 51.3 Å². The van der Waals surface area contributed by atoms with E-state index in [0.29, 0.717) is 18.5 Å². The minimum absolute atomic E-state index is 0.333. The van der Waals surface area contributed by atoms with Crippen molar-refractivity contribution in [3.05, 3.63) is 11.3 Å². The Morgan fingerprint density at radius 1 is 1.36 bits per heavy atom. The van der Waals surface area contributed by atoms with Crippen LogP contribution in [0, 0.1) is 12.8 Å². The number of hydrogen-bond acceptors (Lipinski definition) is 3. The lowest BCUT2D eigenvalue weighted by Crippen LogP contribution is -2.38. The largest absolute Gasteiger partial charge is 0.481 e. The van der Waals surface area contributed by atoms with Gasteiger partial charge in [0, 0.05) is 13.1 Å². The summed E-state index contributed by atoms with van der Waals surface area (Å²) in [6.07, 6.45) is 3.55. The van der Waals surface area contributed by atoms with Crippen LogP contribution in [0.5, 0.6) is 5.88 Å². The van der Waals surface area contributed by atoms with Gasteiger partial charge in [0.15, 0.2) is 5.96 Å². The van der Waals surface area contributed by atoms with E-state index in [2.05, 4.69) is 36.2 Å². The molecular weight excluding hydrogens is 278 g/mol. The molecule has 22 heavy (non-hydrogen) atoms. The van der Waals surface area contributed by atoms with Crippen molar-refractivity contribution in [1.82, 2.24) is 15.1 Å². The fourth-order valence-electron chi connectivity index (χ4n) is 2.48. The highest BCUT2D eigenvalue weighted by Gasteiger charge is 2.13. The molecule has 0 spiro atoms. The Bertz CT molecular complexity index is 493. The van der Waals surface area contributed by atoms with Gasteiger partial charge in [0.05, 0.1) is 24.9 Å². The number of nitrogens with two attached hydrogens (primary N) is 1. The zero-order valence-corrected chi connectivity index (χ0v) is 14.8. The van der Waals surface area contributed by atoms with Gasteiger partial charge in [-0.25, -0.2) is 9.67 Å². The number of hydrogen-bond donors (Lipinski definition) is 2. The molecule has 0 aliphatic rings. The van der Waals surface area contributed by atoms with Gasteiger partial charge in [-0.15, -0.1) is 0 Å². The van der Waals surface area contributed by atoms with Gasteiger partial charge in [-0.1, -0.05) is 26.7 Å². The second kappa shape index (κ2) is 8.66. The third-order valence-corrected chi connectivity index (χ3v) is 3.70. The van der Waals surface area contributed by atoms with E-state index in [0.717, 1.165) is 29.5 Å². The molecule has 0 aliphatic heterocycles. The van der Waals surface area contributed by atoms with Gasteiger partial charge >= 0.3 is 0 Å². The summed E-state index contributed by atoms with van der Waals surface area (Å²) in [4.78, 5) is 4.41. The SMILES string of the molecule is COc1c(CN=C(N)NC(C)CCCC(C)C)c(C)nn1C. The maximum Gasteiger partial charge on any atom is 0.216 e. The van der Waals surface area contributed by atoms with Crippen molar-refractivity contribution in [2.75, 3.05) is 7.11 Å². The highest BCUT2D eigenvalue weighted by molar-refractivity contribution is 5.78. The number of nitrogens with zero attached hydrogens (tertiary/aromatic N) is 3. The third kappa shape index (κ3) is 5.58. The fourth-order valence-corrected chi connectivity index (χ4v) is 2.48. The van der Waals surface area contributed by atoms with Gasteiger partial charge in [-0.3, -0.25) is 0 Å². The van der Waals surface area contributed by atoms with Crippen molar-refractivity contribution in [3.8, 4) is 5.88 Å². The molecule has 1 atom stereocenters. The number of methoxy groups -OCH3 is 1. The van der Waals surface area contributed by atoms with Crippen LogP contribution in [0.3, 0.4) is 0 Å². The van der Waals surface area contributed by atoms with Crippen LogP contribution in [0.15, 0.2) is 4.99 Å². The van der Waals surface area contributed by atoms with Crippen LogP contribution in [-0.4, -0.2) is 28.9 Å². The molecule has 0 aromatic carbocycles. The van der Waals surface area contributed by atoms with E-state index in [4.69, 9.17) is 10.5 Å². The average Bonchev–Trinajstić information content (AvgIpc) is 2.69. The Labute approximate surface area is 134 Å². The van der Waals surface area contributed by atoms with E-state index in [9.17, 15) is 0 Å². The second-order valence-electron chi connectivity index (χ2n) is 6.27. The Balaban J connectivity index is 2.52. The zero-order chi connectivity index (χ0) is 16.7. The Morgan fingerprint density at radius 2 is 2.05 bits per heavy atom. The smallest absolute Gasteiger partial charge is 0.216 e. The number of aryl methyl sites for hydroxylation is 2. The predicted molar refractivity (Wildman–Crippen MR) is 91.1 cm³/mol. The molecule has 126 valence electrons. The number of nitrogens with one attached hydrogen (secondary N) is 1. The van der Waals surface area contributed by atoms with Gasteiger partial charge in [0.25, 0.3) is 0 Å². The topological polar surface area (TPSA) is 77.5 Å². The summed E-state index contributed by atoms with van der Waals surface area (Å²) in [5, 5.41) is 7.59. The maximum atomic E-state index is 5.97. The van der Waals surface area contributed by atoms with Gasteiger partial charge < -0.3 is 15.8 Å². The van der Waals surface area contributed by atoms with Crippen molar-refractivity contribution in [1.29, 1.82) is 0 Å². The van der Waals surface area contributed by atoms with E-state index in [1.165, 1.54) is 12.8 Å². The zero-order valence-electron chi connectivity index (χ0n) is 14.8. The maximum absolute atomic E-state index is 5.97. The van der Waals surface area contributed by atoms with E-state index in [-0.39, 0.29) is 0 Å². The van der Waals surface area contributed by atoms with E-state index in [1.807, 2.05) is 14.0 Å². The number of aliphatic imine (C=N–C) groups is 1. The van der Waals surface area contributed by atoms with Gasteiger partial charge in [-0.2, -0.15) is 5.10 Å². The molecule has 0 amide bonds. The summed E-state index contributed by atoms with van der Waals surface area (Å²) in [6.45, 7) is 9.06. The van der Waals surface area contributed by atoms with Gasteiger partial charge in [-0.05, 0) is 26.2 Å². The first-order valence-electron chi connectivity index (χ1n) is 7.98. The fraction of sp³-hybridized carbons (Fsp3) is 0.750. The van der Waals surface area contributed by atoms with Crippen molar-refractivity contribution in [2.45, 2.75) is 59.5 Å². The summed E-state index contributed by atoms with van der Waals surface area (Å²) < 4.78 is 7.08. The first kappa shape index (κ1) is 18.3. The lowest BCUT2D eigenvalue weighted by atomic mass is 10.0. The molecule has 0 fully saturated rings. The van der Waals surface area contributed by atoms with Crippen LogP contribution < -0.4 is 15.8 Å². The molecule has 1 unspecified atom stereocenters. The normalized spacial score (nSPS) is 13.5. The molecule has 6 heteroatoms. The molecular formula is C16H31N5O. The molecule has 0 saturated heterocycles. The summed E-state index contributed by atoms with van der Waals surface area (Å²) >= 11 is 0. The Hall–Kier alpha value is -1.72. The molecule has 1 aromatic rings. The lowest BCUT2D eigenvalue weighted by Gasteiger charge is -2.15. The minimum Gasteiger partial charge on any atom is -0.481 e. The monoisotopic (exact) mass is 309 g/mol. The third-order valence-electron chi connectivity index (χ3n) is 3.70. The molecule has 1 aromatic heterocycles. The summed E-state index contributed by atoms with van der Waals surface area (Å²) in [5.74, 6) is 1.96. The minimum atomic E-state index is 0.333. The van der Waals surface area contributed by atoms with Crippen LogP contribution in [0.4, 0.5) is 0 Å². The van der Waals surface area contributed by atoms with Crippen LogP contribution in [-0.2, 0) is 13.6 Å². The van der Waals surface area contributed by atoms with Crippen molar-refractivity contribution < 1.29 is 4.74 Å². The van der Waals surface area contributed by atoms with E-state index in [1.54, 1.807) is 11.8 Å². The number of rotatable bonds is 8. The van der Waals surface area contributed by atoms with Crippen molar-refractivity contribution in [3.63, 3.8) is 0 Å². The quantitative estimate of drug-likeness (QED) is 0.571. The van der Waals surface area contributed by atoms with E-state index >= 15 is 0 Å². The summed E-state index contributed by atoms with van der Waals surface area (Å²) in [5.41, 5.74) is 7.87. The molecule has 6 nitrogen and oxygen atoms in total. The van der Waals surface area contributed by atoms with Crippen LogP contribution in [0.25, 0.3) is 0 Å². The molecule has 0 saturated carbocycles. The van der Waals surface area contributed by atoms with Crippen LogP contribution in [0.2, 0.25) is 0 Å². The molecule has 1 rings (SSSR count). The number of ether oxygens (including phenoxy) is 1. The first-order chi connectivity index (χ1) is 10.3. The highest BCUT2D eigenvalue weighted by atomic mass is 16.5. The number of aromatic nitrogens is 2. The lowest BCUT2D eigenvalue weighted by molar-refractivity contribution is 0.369. The Kier molecular flexibility index (Phi) is 7.21. The van der Waals surface area contributed by atoms with Crippen molar-refractivity contribution in [2.24, 2.45) is 23.7 Å². The summed E-state index contributed by atoms with van der Waals surface area (Å²) in [7, 11) is 3.50. The van der Waals surface area contributed by atoms with Gasteiger partial charge in [0.1, 0.15) is 0 Å².